The maximum atomic E-state index is 8.24. The van der Waals surface area contributed by atoms with Crippen molar-refractivity contribution in [2.24, 2.45) is 0 Å². The number of rotatable bonds is 0. The molecule has 10 heavy (non-hydrogen) atoms. The normalized spacial score (nSPS) is 5.40. The fraction of sp³-hybridized carbons (Fsp3) is 0. The van der Waals surface area contributed by atoms with Gasteiger partial charge in [-0.2, -0.15) is 0 Å². The molecule has 0 amide bonds. The van der Waals surface area contributed by atoms with Crippen LogP contribution in [0.4, 0.5) is 0 Å². The van der Waals surface area contributed by atoms with Crippen LogP contribution in [0.5, 0.6) is 0 Å². The van der Waals surface area contributed by atoms with E-state index in [0.717, 1.165) is 0 Å². The summed E-state index contributed by atoms with van der Waals surface area (Å²) >= 11 is -1.25. The summed E-state index contributed by atoms with van der Waals surface area (Å²) in [6.07, 6.45) is 0. The van der Waals surface area contributed by atoms with Crippen LogP contribution in [0.1, 0.15) is 0 Å². The van der Waals surface area contributed by atoms with Gasteiger partial charge in [0.2, 0.25) is 0 Å². The molecule has 6 nitrogen and oxygen atoms in total. The minimum atomic E-state index is -0.417. The summed E-state index contributed by atoms with van der Waals surface area (Å²) in [5, 5.41) is 0. The monoisotopic (exact) mass is 253 g/mol. The van der Waals surface area contributed by atoms with Crippen LogP contribution in [0.25, 0.3) is 0 Å². The summed E-state index contributed by atoms with van der Waals surface area (Å²) in [7, 11) is 0. The van der Waals surface area contributed by atoms with Crippen LogP contribution in [-0.2, 0) is 17.4 Å². The Kier molecular flexibility index (Phi) is 111. The molecule has 0 unspecified atom stereocenters. The summed E-state index contributed by atoms with van der Waals surface area (Å²) in [5.74, 6) is 0. The second-order valence-electron chi connectivity index (χ2n) is 0.189. The molecule has 0 aromatic heterocycles. The molecule has 0 rings (SSSR count). The molecule has 0 saturated heterocycles. The first-order valence-corrected chi connectivity index (χ1v) is 2.78. The third-order valence-electron chi connectivity index (χ3n) is 0. The van der Waals surface area contributed by atoms with E-state index < -0.39 is 34.0 Å². The first kappa shape index (κ1) is 22.5. The molecule has 10 heteroatoms. The van der Waals surface area contributed by atoms with Crippen molar-refractivity contribution < 1.29 is 79.3 Å². The Morgan fingerprint density at radius 3 is 0.500 bits per heavy atom. The van der Waals surface area contributed by atoms with Gasteiger partial charge in [0.25, 0.3) is 0 Å². The predicted octanol–water partition coefficient (Wildman–Crippen LogP) is -7.14. The maximum Gasteiger partial charge on any atom is 3.00 e. The fourth-order valence-electron chi connectivity index (χ4n) is 0. The van der Waals surface area contributed by atoms with E-state index >= 15 is 0 Å². The predicted molar refractivity (Wildman–Crippen MR) is 0 cm³/mol. The molecule has 0 aromatic rings. The first-order chi connectivity index (χ1) is 4.24. The van der Waals surface area contributed by atoms with Crippen molar-refractivity contribution in [2.45, 2.75) is 0 Å². The third kappa shape index (κ3) is 452. The van der Waals surface area contributed by atoms with Gasteiger partial charge in [-0.3, -0.25) is 0 Å². The maximum absolute atomic E-state index is 8.24. The zero-order chi connectivity index (χ0) is 8.12. The molecule has 0 bridgehead atoms. The second kappa shape index (κ2) is 49.2. The van der Waals surface area contributed by atoms with E-state index in [1.165, 1.54) is 0 Å². The van der Waals surface area contributed by atoms with E-state index in [1.54, 1.807) is 0 Å². The Hall–Kier alpha value is 1.16. The Balaban J connectivity index is -0.0000000257. The number of halogens is 3. The molecule has 0 heterocycles. The van der Waals surface area contributed by atoms with Gasteiger partial charge in [-0.1, -0.05) is 0 Å². The Morgan fingerprint density at radius 1 is 0.500 bits per heavy atom. The standard InChI is InChI=1S/3ClO2.Cr/c3*2-1-3;/q3*-1;+3. The Morgan fingerprint density at radius 2 is 0.500 bits per heavy atom. The van der Waals surface area contributed by atoms with Crippen LogP contribution in [0.2, 0.25) is 0 Å². The van der Waals surface area contributed by atoms with Crippen LogP contribution in [-0.4, -0.2) is 0 Å². The van der Waals surface area contributed by atoms with Gasteiger partial charge in [0.1, 0.15) is 0 Å². The van der Waals surface area contributed by atoms with Crippen molar-refractivity contribution in [1.82, 2.24) is 0 Å². The summed E-state index contributed by atoms with van der Waals surface area (Å²) < 4.78 is 49.4. The molecule has 0 N–H and O–H groups in total. The van der Waals surface area contributed by atoms with Gasteiger partial charge in [0.05, 0.1) is 34.0 Å². The molecular weight excluding hydrogens is 254 g/mol. The van der Waals surface area contributed by atoms with Crippen LogP contribution >= 0.6 is 0 Å². The van der Waals surface area contributed by atoms with Crippen molar-refractivity contribution in [3.8, 4) is 0 Å². The summed E-state index contributed by atoms with van der Waals surface area (Å²) in [5.41, 5.74) is 0. The van der Waals surface area contributed by atoms with E-state index in [2.05, 4.69) is 0 Å². The average molecular weight is 254 g/mol. The first-order valence-electron chi connectivity index (χ1n) is 0.926. The minimum Gasteiger partial charge on any atom is -0.544 e. The van der Waals surface area contributed by atoms with E-state index in [4.69, 9.17) is 28.0 Å². The zero-order valence-corrected chi connectivity index (χ0v) is 7.53. The van der Waals surface area contributed by atoms with Crippen LogP contribution in [0.15, 0.2) is 0 Å². The van der Waals surface area contributed by atoms with Crippen molar-refractivity contribution in [1.29, 1.82) is 0 Å². The molecule has 0 fully saturated rings. The molecule has 0 aliphatic rings. The van der Waals surface area contributed by atoms with Gasteiger partial charge in [0, 0.05) is 0 Å². The third-order valence-corrected chi connectivity index (χ3v) is 0. The van der Waals surface area contributed by atoms with Crippen LogP contribution < -0.4 is 28.0 Å². The van der Waals surface area contributed by atoms with Gasteiger partial charge >= 0.3 is 17.4 Å². The van der Waals surface area contributed by atoms with Gasteiger partial charge in [-0.05, 0) is 0 Å². The van der Waals surface area contributed by atoms with Gasteiger partial charge in [-0.15, -0.1) is 0 Å². The molecule has 63 valence electrons. The molecule has 0 saturated carbocycles. The van der Waals surface area contributed by atoms with Gasteiger partial charge in [-0.25, -0.2) is 0 Å². The van der Waals surface area contributed by atoms with Crippen LogP contribution in [0, 0.1) is 34.0 Å². The topological polar surface area (TPSA) is 138 Å². The number of hydrogen-bond acceptors (Lipinski definition) is 6. The smallest absolute Gasteiger partial charge is 0.544 e. The second-order valence-corrected chi connectivity index (χ2v) is 0.567. The summed E-state index contributed by atoms with van der Waals surface area (Å²) in [6.45, 7) is 0. The molecule has 1 radical (unpaired) electrons. The van der Waals surface area contributed by atoms with Gasteiger partial charge in [0.15, 0.2) is 0 Å². The average Bonchev–Trinajstić information content (AvgIpc) is 1.70. The largest absolute Gasteiger partial charge is 3.00 e. The molecule has 0 aliphatic heterocycles. The molecule has 0 atom stereocenters. The zero-order valence-electron chi connectivity index (χ0n) is 3.99. The molecule has 0 aromatic carbocycles. The summed E-state index contributed by atoms with van der Waals surface area (Å²) in [6, 6.07) is 0. The fourth-order valence-corrected chi connectivity index (χ4v) is 0. The van der Waals surface area contributed by atoms with E-state index in [0.29, 0.717) is 0 Å². The summed E-state index contributed by atoms with van der Waals surface area (Å²) in [4.78, 5) is 0. The van der Waals surface area contributed by atoms with E-state index in [-0.39, 0.29) is 17.4 Å². The Bertz CT molecular complexity index is 17.7. The minimum absolute atomic E-state index is 0. The quantitative estimate of drug-likeness (QED) is 0.421. The van der Waals surface area contributed by atoms with Crippen molar-refractivity contribution in [3.05, 3.63) is 0 Å². The van der Waals surface area contributed by atoms with E-state index in [1.807, 2.05) is 0 Å². The van der Waals surface area contributed by atoms with Crippen molar-refractivity contribution in [3.63, 3.8) is 0 Å². The number of hydrogen-bond donors (Lipinski definition) is 0. The van der Waals surface area contributed by atoms with Crippen molar-refractivity contribution in [2.75, 3.05) is 0 Å². The van der Waals surface area contributed by atoms with Gasteiger partial charge < -0.3 is 28.0 Å². The van der Waals surface area contributed by atoms with E-state index in [9.17, 15) is 0 Å². The van der Waals surface area contributed by atoms with Crippen molar-refractivity contribution >= 4 is 0 Å². The molecule has 0 spiro atoms. The molecular formula is Cl3CrO6. The van der Waals surface area contributed by atoms with Crippen LogP contribution in [0.3, 0.4) is 0 Å². The SMILES string of the molecule is [Cr+3].[O-][Cl+][O-].[O-][Cl+][O-].[O-][Cl+][O-]. The Labute approximate surface area is 79.4 Å². The molecule has 0 aliphatic carbocycles.